The normalized spacial score (nSPS) is 22.7. The average molecular weight is 994 g/mol. The predicted octanol–water partition coefficient (Wildman–Crippen LogP) is 4.02. The summed E-state index contributed by atoms with van der Waals surface area (Å²) in [6, 6.07) is 13.9. The third-order valence-corrected chi connectivity index (χ3v) is 16.0. The van der Waals surface area contributed by atoms with Gasteiger partial charge >= 0.3 is 11.9 Å². The molecule has 0 aliphatic carbocycles. The van der Waals surface area contributed by atoms with E-state index in [2.05, 4.69) is 41.2 Å². The van der Waals surface area contributed by atoms with Crippen molar-refractivity contribution in [2.75, 3.05) is 90.2 Å². The number of rotatable bonds is 14. The van der Waals surface area contributed by atoms with E-state index in [-0.39, 0.29) is 36.4 Å². The van der Waals surface area contributed by atoms with E-state index in [1.165, 1.54) is 16.8 Å². The number of piperidine rings is 3. The Kier molecular flexibility index (Phi) is 13.3. The highest BCUT2D eigenvalue weighted by Crippen LogP contribution is 2.38. The Bertz CT molecular complexity index is 2900. The number of nitrogens with one attached hydrogen (secondary N) is 1. The highest BCUT2D eigenvalue weighted by molar-refractivity contribution is 6.05. The first-order valence-electron chi connectivity index (χ1n) is 25.4. The summed E-state index contributed by atoms with van der Waals surface area (Å²) in [6.07, 6.45) is 4.96. The molecular weight excluding hydrogens is 932 g/mol. The molecule has 2 aromatic carbocycles. The van der Waals surface area contributed by atoms with Gasteiger partial charge in [0.05, 0.1) is 42.7 Å². The Balaban J connectivity index is 0.641. The number of hydrogen-bond donors (Lipinski definition) is 1. The Hall–Kier alpha value is -5.93. The molecule has 382 valence electrons. The van der Waals surface area contributed by atoms with Crippen LogP contribution in [0.2, 0.25) is 0 Å². The molecule has 72 heavy (non-hydrogen) atoms. The summed E-state index contributed by atoms with van der Waals surface area (Å²) in [5.41, 5.74) is 2.46. The van der Waals surface area contributed by atoms with Gasteiger partial charge in [0, 0.05) is 108 Å². The SMILES string of the molecule is Cn1cnnc1CC1(c2cccc(-n3cc4c(C(F)(F)F)cc(CN5CCC[C@@H](OCCN6CCC(CN7CCN(c8ccc9c(c8)CN(C8CCC(=O)NC8=O)C9=O)CC7)CC6)C5)cn4c3=O)c2)COC1. The fraction of sp³-hybridized carbons (Fsp3) is 0.538. The molecule has 2 atom stereocenters. The number of carbonyl (C=O) groups excluding carboxylic acids is 3. The summed E-state index contributed by atoms with van der Waals surface area (Å²) in [6.45, 7) is 11.2. The summed E-state index contributed by atoms with van der Waals surface area (Å²) in [5.74, 6) is 0.577. The lowest BCUT2D eigenvalue weighted by molar-refractivity contribution is -0.137. The predicted molar refractivity (Wildman–Crippen MR) is 260 cm³/mol. The summed E-state index contributed by atoms with van der Waals surface area (Å²) in [7, 11) is 1.88. The molecule has 0 spiro atoms. The molecule has 5 fully saturated rings. The summed E-state index contributed by atoms with van der Waals surface area (Å²) in [5, 5.41) is 10.6. The van der Waals surface area contributed by atoms with Gasteiger partial charge in [0.15, 0.2) is 0 Å². The molecule has 9 heterocycles. The van der Waals surface area contributed by atoms with Crippen LogP contribution >= 0.6 is 0 Å². The van der Waals surface area contributed by atoms with Crippen LogP contribution in [-0.2, 0) is 57.2 Å². The number of aromatic nitrogens is 5. The molecule has 0 saturated carbocycles. The number of carbonyl (C=O) groups is 3. The fourth-order valence-electron chi connectivity index (χ4n) is 11.8. The second kappa shape index (κ2) is 19.8. The lowest BCUT2D eigenvalue weighted by atomic mass is 9.75. The molecule has 5 saturated heterocycles. The number of benzene rings is 2. The molecule has 3 amide bonds. The van der Waals surface area contributed by atoms with Crippen LogP contribution in [0, 0.1) is 5.92 Å². The summed E-state index contributed by atoms with van der Waals surface area (Å²) in [4.78, 5) is 62.5. The maximum Gasteiger partial charge on any atom is 0.418 e. The first kappa shape index (κ1) is 48.3. The number of fused-ring (bicyclic) bond motifs is 2. The maximum atomic E-state index is 14.7. The average Bonchev–Trinajstić information content (AvgIpc) is 4.03. The first-order valence-corrected chi connectivity index (χ1v) is 25.4. The van der Waals surface area contributed by atoms with Crippen LogP contribution in [0.15, 0.2) is 72.0 Å². The fourth-order valence-corrected chi connectivity index (χ4v) is 11.8. The number of ether oxygens (including phenoxy) is 2. The number of nitrogens with zero attached hydrogens (tertiary/aromatic N) is 10. The first-order chi connectivity index (χ1) is 34.8. The van der Waals surface area contributed by atoms with Crippen molar-refractivity contribution in [1.29, 1.82) is 0 Å². The molecule has 5 aromatic rings. The molecule has 11 rings (SSSR count). The second-order valence-corrected chi connectivity index (χ2v) is 20.8. The number of halogens is 3. The number of imide groups is 1. The van der Waals surface area contributed by atoms with Gasteiger partial charge < -0.3 is 28.7 Å². The monoisotopic (exact) mass is 993 g/mol. The van der Waals surface area contributed by atoms with Crippen LogP contribution in [-0.4, -0.2) is 158 Å². The number of hydrogen-bond acceptors (Lipinski definition) is 12. The van der Waals surface area contributed by atoms with E-state index in [9.17, 15) is 32.3 Å². The molecule has 20 heteroatoms. The topological polar surface area (TPSA) is 155 Å². The van der Waals surface area contributed by atoms with Gasteiger partial charge in [0.1, 0.15) is 18.2 Å². The summed E-state index contributed by atoms with van der Waals surface area (Å²) >= 11 is 0. The third-order valence-electron chi connectivity index (χ3n) is 16.0. The highest BCUT2D eigenvalue weighted by Gasteiger charge is 2.43. The van der Waals surface area contributed by atoms with Crippen LogP contribution in [0.5, 0.6) is 0 Å². The Morgan fingerprint density at radius 2 is 1.69 bits per heavy atom. The highest BCUT2D eigenvalue weighted by atomic mass is 19.4. The minimum atomic E-state index is -4.67. The number of pyridine rings is 1. The zero-order valence-corrected chi connectivity index (χ0v) is 40.7. The number of anilines is 1. The molecule has 1 N–H and O–H groups in total. The van der Waals surface area contributed by atoms with E-state index < -0.39 is 34.8 Å². The number of piperazine rings is 1. The van der Waals surface area contributed by atoms with Gasteiger partial charge in [0.2, 0.25) is 11.8 Å². The standard InChI is InChI=1S/C52H62F3N11O6/c1-59-34-56-58-46(59)25-51(32-71-33-51)38-4-2-5-40(24-38)64-31-45-43(52(53,54)55)22-36(28-66(45)50(64)70)27-62-13-3-6-41(30-62)72-21-20-60-14-11-35(12-15-60)26-61-16-18-63(19-17-61)39-7-8-42-37(23-39)29-65(49(42)69)44-9-10-47(67)57-48(44)68/h2,4-5,7-8,22-24,28,31,34-35,41,44H,3,6,9-21,25-27,29-30,32-33H2,1H3,(H,57,67,68)/t41-,44?/m1/s1. The molecule has 0 radical (unpaired) electrons. The van der Waals surface area contributed by atoms with Gasteiger partial charge in [-0.25, -0.2) is 4.79 Å². The molecule has 3 aromatic heterocycles. The van der Waals surface area contributed by atoms with Crippen molar-refractivity contribution in [2.24, 2.45) is 13.0 Å². The maximum absolute atomic E-state index is 14.7. The lowest BCUT2D eigenvalue weighted by Crippen LogP contribution is -2.52. The van der Waals surface area contributed by atoms with Gasteiger partial charge in [-0.1, -0.05) is 12.1 Å². The van der Waals surface area contributed by atoms with Crippen molar-refractivity contribution in [2.45, 2.75) is 81.8 Å². The van der Waals surface area contributed by atoms with E-state index >= 15 is 0 Å². The Morgan fingerprint density at radius 3 is 2.43 bits per heavy atom. The molecule has 1 unspecified atom stereocenters. The largest absolute Gasteiger partial charge is 0.418 e. The van der Waals surface area contributed by atoms with Gasteiger partial charge in [-0.15, -0.1) is 10.2 Å². The number of imidazole rings is 1. The van der Waals surface area contributed by atoms with Gasteiger partial charge in [-0.05, 0) is 111 Å². The van der Waals surface area contributed by atoms with Crippen molar-refractivity contribution in [3.63, 3.8) is 0 Å². The van der Waals surface area contributed by atoms with E-state index in [1.54, 1.807) is 23.5 Å². The van der Waals surface area contributed by atoms with Gasteiger partial charge in [-0.3, -0.25) is 38.5 Å². The van der Waals surface area contributed by atoms with E-state index in [4.69, 9.17) is 9.47 Å². The summed E-state index contributed by atoms with van der Waals surface area (Å²) < 4.78 is 60.6. The van der Waals surface area contributed by atoms with Crippen LogP contribution in [0.25, 0.3) is 11.2 Å². The molecular formula is C52H62F3N11O6. The van der Waals surface area contributed by atoms with E-state index in [0.717, 1.165) is 112 Å². The molecule has 17 nitrogen and oxygen atoms in total. The molecule has 6 aliphatic rings. The van der Waals surface area contributed by atoms with Crippen molar-refractivity contribution >= 4 is 28.9 Å². The minimum absolute atomic E-state index is 0.0262. The third kappa shape index (κ3) is 9.82. The van der Waals surface area contributed by atoms with Crippen molar-refractivity contribution < 1.29 is 37.0 Å². The number of alkyl halides is 3. The van der Waals surface area contributed by atoms with Crippen molar-refractivity contribution in [3.8, 4) is 5.69 Å². The van der Waals surface area contributed by atoms with Crippen LogP contribution in [0.3, 0.4) is 0 Å². The van der Waals surface area contributed by atoms with Crippen molar-refractivity contribution in [1.82, 2.24) is 48.6 Å². The number of likely N-dealkylation sites (tertiary alicyclic amines) is 2. The van der Waals surface area contributed by atoms with Crippen LogP contribution < -0.4 is 15.9 Å². The van der Waals surface area contributed by atoms with Gasteiger partial charge in [0.25, 0.3) is 5.91 Å². The lowest BCUT2D eigenvalue weighted by Gasteiger charge is -2.41. The minimum Gasteiger partial charge on any atom is -0.379 e. The Morgan fingerprint density at radius 1 is 0.875 bits per heavy atom. The smallest absolute Gasteiger partial charge is 0.379 e. The molecule has 6 aliphatic heterocycles. The zero-order valence-electron chi connectivity index (χ0n) is 40.7. The van der Waals surface area contributed by atoms with Crippen LogP contribution in [0.4, 0.5) is 18.9 Å². The zero-order chi connectivity index (χ0) is 49.7. The van der Waals surface area contributed by atoms with Crippen LogP contribution in [0.1, 0.15) is 77.0 Å². The number of amides is 3. The molecule has 0 bridgehead atoms. The quantitative estimate of drug-likeness (QED) is 0.160. The van der Waals surface area contributed by atoms with E-state index in [1.807, 2.05) is 41.9 Å². The Labute approximate surface area is 415 Å². The van der Waals surface area contributed by atoms with Crippen molar-refractivity contribution in [3.05, 3.63) is 111 Å². The number of aryl methyl sites for hydroxylation is 1. The second-order valence-electron chi connectivity index (χ2n) is 20.8. The van der Waals surface area contributed by atoms with E-state index in [0.29, 0.717) is 68.5 Å². The van der Waals surface area contributed by atoms with Gasteiger partial charge in [-0.2, -0.15) is 13.2 Å².